The molecule has 2 fully saturated rings. The lowest BCUT2D eigenvalue weighted by Crippen LogP contribution is -2.40. The maximum Gasteiger partial charge on any atom is 0.264 e. The molecule has 4 heteroatoms. The molecule has 0 unspecified atom stereocenters. The van der Waals surface area contributed by atoms with Crippen LogP contribution in [0.2, 0.25) is 0 Å². The molecule has 0 aromatic carbocycles. The van der Waals surface area contributed by atoms with Gasteiger partial charge in [0, 0.05) is 24.8 Å². The molecule has 1 saturated heterocycles. The average molecular weight is 274 g/mol. The van der Waals surface area contributed by atoms with Crippen LogP contribution in [0.1, 0.15) is 59.8 Å². The van der Waals surface area contributed by atoms with Gasteiger partial charge in [0.1, 0.15) is 5.56 Å². The van der Waals surface area contributed by atoms with Crippen molar-refractivity contribution in [2.24, 2.45) is 0 Å². The van der Waals surface area contributed by atoms with Crippen molar-refractivity contribution in [1.29, 1.82) is 0 Å². The highest BCUT2D eigenvalue weighted by Gasteiger charge is 2.30. The molecular weight excluding hydrogens is 252 g/mol. The van der Waals surface area contributed by atoms with E-state index in [0.717, 1.165) is 50.0 Å². The van der Waals surface area contributed by atoms with Gasteiger partial charge in [-0.2, -0.15) is 0 Å². The van der Waals surface area contributed by atoms with E-state index in [1.165, 1.54) is 6.42 Å². The van der Waals surface area contributed by atoms with Crippen LogP contribution in [-0.2, 0) is 0 Å². The van der Waals surface area contributed by atoms with Gasteiger partial charge in [0.05, 0.1) is 0 Å². The van der Waals surface area contributed by atoms with Gasteiger partial charge in [0.15, 0.2) is 0 Å². The molecule has 1 saturated carbocycles. The van der Waals surface area contributed by atoms with Crippen LogP contribution < -0.4 is 5.56 Å². The number of aromatic nitrogens is 1. The van der Waals surface area contributed by atoms with E-state index in [2.05, 4.69) is 0 Å². The molecule has 0 spiro atoms. The van der Waals surface area contributed by atoms with Gasteiger partial charge >= 0.3 is 0 Å². The Morgan fingerprint density at radius 2 is 1.80 bits per heavy atom. The maximum absolute atomic E-state index is 12.7. The molecule has 0 N–H and O–H groups in total. The molecule has 1 amide bonds. The molecule has 1 aromatic heterocycles. The Bertz CT molecular complexity index is 593. The van der Waals surface area contributed by atoms with Gasteiger partial charge in [-0.1, -0.05) is 0 Å². The van der Waals surface area contributed by atoms with Gasteiger partial charge in [-0.05, 0) is 57.6 Å². The minimum Gasteiger partial charge on any atom is -0.338 e. The fourth-order valence-corrected chi connectivity index (χ4v) is 3.21. The summed E-state index contributed by atoms with van der Waals surface area (Å²) in [5, 5.41) is 0. The highest BCUT2D eigenvalue weighted by atomic mass is 16.2. The summed E-state index contributed by atoms with van der Waals surface area (Å²) in [6.07, 6.45) is 5.40. The third-order valence-electron chi connectivity index (χ3n) is 4.40. The first kappa shape index (κ1) is 13.4. The summed E-state index contributed by atoms with van der Waals surface area (Å²) in [6, 6.07) is 2.30. The van der Waals surface area contributed by atoms with E-state index >= 15 is 0 Å². The molecule has 0 radical (unpaired) electrons. The summed E-state index contributed by atoms with van der Waals surface area (Å²) < 4.78 is 1.82. The second-order valence-electron chi connectivity index (χ2n) is 6.10. The highest BCUT2D eigenvalue weighted by Crippen LogP contribution is 2.34. The van der Waals surface area contributed by atoms with Crippen molar-refractivity contribution in [3.8, 4) is 0 Å². The number of nitrogens with zero attached hydrogens (tertiary/aromatic N) is 2. The van der Waals surface area contributed by atoms with Gasteiger partial charge in [-0.3, -0.25) is 9.59 Å². The standard InChI is InChI=1S/C16H22N2O2/c1-11-10-12(2)18(13-6-7-13)16(20)14(11)15(19)17-8-4-3-5-9-17/h10,13H,3-9H2,1-2H3. The number of rotatable bonds is 2. The molecule has 4 nitrogen and oxygen atoms in total. The first-order valence-corrected chi connectivity index (χ1v) is 7.61. The Labute approximate surface area is 119 Å². The van der Waals surface area contributed by atoms with Crippen LogP contribution in [0, 0.1) is 13.8 Å². The third kappa shape index (κ3) is 2.28. The Hall–Kier alpha value is -1.58. The number of hydrogen-bond donors (Lipinski definition) is 0. The number of likely N-dealkylation sites (tertiary alicyclic amines) is 1. The first-order valence-electron chi connectivity index (χ1n) is 7.61. The summed E-state index contributed by atoms with van der Waals surface area (Å²) in [4.78, 5) is 27.2. The van der Waals surface area contributed by atoms with Gasteiger partial charge < -0.3 is 9.47 Å². The first-order chi connectivity index (χ1) is 9.59. The number of amides is 1. The van der Waals surface area contributed by atoms with Crippen LogP contribution in [0.15, 0.2) is 10.9 Å². The van der Waals surface area contributed by atoms with E-state index < -0.39 is 0 Å². The average Bonchev–Trinajstić information content (AvgIpc) is 3.23. The van der Waals surface area contributed by atoms with E-state index in [4.69, 9.17) is 0 Å². The van der Waals surface area contributed by atoms with Crippen molar-refractivity contribution in [3.63, 3.8) is 0 Å². The fourth-order valence-electron chi connectivity index (χ4n) is 3.21. The summed E-state index contributed by atoms with van der Waals surface area (Å²) in [7, 11) is 0. The number of hydrogen-bond acceptors (Lipinski definition) is 2. The predicted octanol–water partition coefficient (Wildman–Crippen LogP) is 2.43. The molecule has 2 heterocycles. The summed E-state index contributed by atoms with van der Waals surface area (Å²) in [5.41, 5.74) is 2.11. The maximum atomic E-state index is 12.7. The number of carbonyl (C=O) groups excluding carboxylic acids is 1. The molecule has 2 aliphatic rings. The minimum absolute atomic E-state index is 0.0680. The predicted molar refractivity (Wildman–Crippen MR) is 78.2 cm³/mol. The van der Waals surface area contributed by atoms with Gasteiger partial charge in [-0.15, -0.1) is 0 Å². The lowest BCUT2D eigenvalue weighted by Gasteiger charge is -2.27. The van der Waals surface area contributed by atoms with E-state index in [9.17, 15) is 9.59 Å². The van der Waals surface area contributed by atoms with Crippen LogP contribution in [0.25, 0.3) is 0 Å². The largest absolute Gasteiger partial charge is 0.338 e. The zero-order valence-electron chi connectivity index (χ0n) is 12.3. The minimum atomic E-state index is -0.0828. The summed E-state index contributed by atoms with van der Waals surface area (Å²) in [6.45, 7) is 5.41. The van der Waals surface area contributed by atoms with E-state index in [-0.39, 0.29) is 11.5 Å². The quantitative estimate of drug-likeness (QED) is 0.831. The van der Waals surface area contributed by atoms with Crippen molar-refractivity contribution >= 4 is 5.91 Å². The molecule has 1 aliphatic carbocycles. The lowest BCUT2D eigenvalue weighted by molar-refractivity contribution is 0.0721. The SMILES string of the molecule is Cc1cc(C)n(C2CC2)c(=O)c1C(=O)N1CCCCC1. The van der Waals surface area contributed by atoms with Gasteiger partial charge in [-0.25, -0.2) is 0 Å². The zero-order valence-corrected chi connectivity index (χ0v) is 12.3. The van der Waals surface area contributed by atoms with E-state index in [1.54, 1.807) is 0 Å². The van der Waals surface area contributed by atoms with Crippen LogP contribution in [-0.4, -0.2) is 28.5 Å². The Morgan fingerprint density at radius 3 is 2.40 bits per heavy atom. The van der Waals surface area contributed by atoms with Crippen molar-refractivity contribution in [2.45, 2.75) is 52.0 Å². The Kier molecular flexibility index (Phi) is 3.40. The number of pyridine rings is 1. The monoisotopic (exact) mass is 274 g/mol. The molecule has 20 heavy (non-hydrogen) atoms. The van der Waals surface area contributed by atoms with Crippen LogP contribution >= 0.6 is 0 Å². The van der Waals surface area contributed by atoms with Crippen LogP contribution in [0.4, 0.5) is 0 Å². The molecular formula is C16H22N2O2. The number of piperidine rings is 1. The van der Waals surface area contributed by atoms with Gasteiger partial charge in [0.2, 0.25) is 0 Å². The second kappa shape index (κ2) is 5.08. The second-order valence-corrected chi connectivity index (χ2v) is 6.10. The molecule has 0 bridgehead atoms. The third-order valence-corrected chi connectivity index (χ3v) is 4.40. The van der Waals surface area contributed by atoms with E-state index in [1.807, 2.05) is 29.4 Å². The highest BCUT2D eigenvalue weighted by molar-refractivity contribution is 5.95. The fraction of sp³-hybridized carbons (Fsp3) is 0.625. The van der Waals surface area contributed by atoms with E-state index in [0.29, 0.717) is 11.6 Å². The molecule has 1 aromatic rings. The lowest BCUT2D eigenvalue weighted by atomic mass is 10.1. The molecule has 1 aliphatic heterocycles. The Balaban J connectivity index is 2.01. The van der Waals surface area contributed by atoms with Crippen molar-refractivity contribution < 1.29 is 4.79 Å². The zero-order chi connectivity index (χ0) is 14.3. The topological polar surface area (TPSA) is 42.3 Å². The van der Waals surface area contributed by atoms with Crippen molar-refractivity contribution in [1.82, 2.24) is 9.47 Å². The Morgan fingerprint density at radius 1 is 1.15 bits per heavy atom. The van der Waals surface area contributed by atoms with Gasteiger partial charge in [0.25, 0.3) is 11.5 Å². The smallest absolute Gasteiger partial charge is 0.264 e. The normalized spacial score (nSPS) is 19.2. The summed E-state index contributed by atoms with van der Waals surface area (Å²) >= 11 is 0. The molecule has 108 valence electrons. The molecule has 3 rings (SSSR count). The molecule has 0 atom stereocenters. The summed E-state index contributed by atoms with van der Waals surface area (Å²) in [5.74, 6) is -0.0680. The van der Waals surface area contributed by atoms with Crippen LogP contribution in [0.5, 0.6) is 0 Å². The van der Waals surface area contributed by atoms with Crippen LogP contribution in [0.3, 0.4) is 0 Å². The van der Waals surface area contributed by atoms with Crippen molar-refractivity contribution in [3.05, 3.63) is 33.2 Å². The number of carbonyl (C=O) groups is 1. The number of aryl methyl sites for hydroxylation is 2. The van der Waals surface area contributed by atoms with Crippen molar-refractivity contribution in [2.75, 3.05) is 13.1 Å².